The van der Waals surface area contributed by atoms with Crippen LogP contribution in [0.15, 0.2) is 29.3 Å². The number of benzene rings is 1. The van der Waals surface area contributed by atoms with E-state index in [0.717, 1.165) is 69.6 Å². The van der Waals surface area contributed by atoms with E-state index in [1.807, 2.05) is 12.1 Å². The van der Waals surface area contributed by atoms with Crippen molar-refractivity contribution < 1.29 is 9.47 Å². The molecule has 0 spiro atoms. The minimum Gasteiger partial charge on any atom is -0.385 e. The van der Waals surface area contributed by atoms with Crippen molar-refractivity contribution in [2.45, 2.75) is 50.5 Å². The van der Waals surface area contributed by atoms with Gasteiger partial charge in [-0.1, -0.05) is 23.7 Å². The maximum atomic E-state index is 6.05. The number of aliphatic imine (C=N–C) groups is 1. The van der Waals surface area contributed by atoms with Gasteiger partial charge in [0.15, 0.2) is 5.96 Å². The van der Waals surface area contributed by atoms with Crippen LogP contribution in [-0.2, 0) is 14.9 Å². The van der Waals surface area contributed by atoms with Crippen LogP contribution in [0.3, 0.4) is 0 Å². The number of methoxy groups -OCH3 is 1. The number of halogens is 2. The summed E-state index contributed by atoms with van der Waals surface area (Å²) in [5, 5.41) is 4.28. The fourth-order valence-corrected chi connectivity index (χ4v) is 3.96. The molecule has 29 heavy (non-hydrogen) atoms. The minimum absolute atomic E-state index is 0. The third kappa shape index (κ3) is 7.26. The second-order valence-electron chi connectivity index (χ2n) is 7.86. The Hall–Kier alpha value is -0.570. The van der Waals surface area contributed by atoms with Crippen molar-refractivity contribution in [1.29, 1.82) is 0 Å². The van der Waals surface area contributed by atoms with Crippen LogP contribution in [0.25, 0.3) is 0 Å². The lowest BCUT2D eigenvalue weighted by molar-refractivity contribution is 0.00990. The highest BCUT2D eigenvalue weighted by atomic mass is 127. The summed E-state index contributed by atoms with van der Waals surface area (Å²) in [4.78, 5) is 7.41. The van der Waals surface area contributed by atoms with E-state index in [9.17, 15) is 0 Å². The average Bonchev–Trinajstić information content (AvgIpc) is 3.51. The number of hydrogen-bond acceptors (Lipinski definition) is 3. The van der Waals surface area contributed by atoms with Gasteiger partial charge in [-0.2, -0.15) is 0 Å². The predicted molar refractivity (Wildman–Crippen MR) is 131 cm³/mol. The van der Waals surface area contributed by atoms with E-state index in [4.69, 9.17) is 26.1 Å². The Morgan fingerprint density at radius 1 is 1.21 bits per heavy atom. The van der Waals surface area contributed by atoms with Crippen LogP contribution >= 0.6 is 35.6 Å². The number of ether oxygens (including phenoxy) is 2. The van der Waals surface area contributed by atoms with Crippen LogP contribution in [0.4, 0.5) is 0 Å². The molecule has 164 valence electrons. The van der Waals surface area contributed by atoms with Crippen molar-refractivity contribution in [1.82, 2.24) is 10.2 Å². The molecule has 7 heteroatoms. The first-order valence-electron chi connectivity index (χ1n) is 10.6. The van der Waals surface area contributed by atoms with Gasteiger partial charge in [0.25, 0.3) is 0 Å². The molecule has 0 atom stereocenters. The Morgan fingerprint density at radius 3 is 2.48 bits per heavy atom. The van der Waals surface area contributed by atoms with Crippen molar-refractivity contribution in [3.05, 3.63) is 34.9 Å². The molecule has 1 aromatic carbocycles. The lowest BCUT2D eigenvalue weighted by atomic mass is 9.96. The van der Waals surface area contributed by atoms with Crippen molar-refractivity contribution in [3.63, 3.8) is 0 Å². The van der Waals surface area contributed by atoms with E-state index in [1.54, 1.807) is 7.11 Å². The van der Waals surface area contributed by atoms with Crippen LogP contribution in [0.5, 0.6) is 0 Å². The van der Waals surface area contributed by atoms with Crippen LogP contribution < -0.4 is 5.32 Å². The summed E-state index contributed by atoms with van der Waals surface area (Å²) in [6, 6.07) is 8.29. The fourth-order valence-electron chi connectivity index (χ4n) is 3.83. The monoisotopic (exact) mass is 535 g/mol. The van der Waals surface area contributed by atoms with Crippen LogP contribution in [0.2, 0.25) is 5.02 Å². The Bertz CT molecular complexity index is 629. The predicted octanol–water partition coefficient (Wildman–Crippen LogP) is 4.47. The molecule has 0 amide bonds. The minimum atomic E-state index is 0. The molecule has 1 N–H and O–H groups in total. The summed E-state index contributed by atoms with van der Waals surface area (Å²) in [5.41, 5.74) is 1.56. The van der Waals surface area contributed by atoms with Gasteiger partial charge in [0.1, 0.15) is 0 Å². The number of hydrogen-bond donors (Lipinski definition) is 1. The number of piperidine rings is 1. The summed E-state index contributed by atoms with van der Waals surface area (Å²) in [5.74, 6) is 1.04. The van der Waals surface area contributed by atoms with Crippen molar-refractivity contribution in [2.24, 2.45) is 4.99 Å². The highest BCUT2D eigenvalue weighted by Gasteiger charge is 2.44. The molecular weight excluding hydrogens is 501 g/mol. The molecule has 3 rings (SSSR count). The lowest BCUT2D eigenvalue weighted by Crippen LogP contribution is -2.47. The van der Waals surface area contributed by atoms with Gasteiger partial charge in [-0.05, 0) is 56.7 Å². The van der Waals surface area contributed by atoms with Crippen LogP contribution in [-0.4, -0.2) is 63.5 Å². The smallest absolute Gasteiger partial charge is 0.193 e. The molecule has 1 aliphatic heterocycles. The van der Waals surface area contributed by atoms with Gasteiger partial charge in [-0.15, -0.1) is 24.0 Å². The van der Waals surface area contributed by atoms with Gasteiger partial charge in [0.05, 0.1) is 12.6 Å². The number of nitrogens with zero attached hydrogens (tertiary/aromatic N) is 2. The van der Waals surface area contributed by atoms with E-state index < -0.39 is 0 Å². The third-order valence-corrected chi connectivity index (χ3v) is 6.02. The summed E-state index contributed by atoms with van der Waals surface area (Å²) in [6.07, 6.45) is 5.84. The standard InChI is InChI=1S/C22H34ClN3O2.HI/c1-3-24-21(26-13-9-20(10-14-26)28-16-4-15-27-2)25-17-22(11-12-22)18-5-7-19(23)8-6-18;/h5-8,20H,3-4,9-17H2,1-2H3,(H,24,25);1H. The largest absolute Gasteiger partial charge is 0.385 e. The SMILES string of the molecule is CCNC(=NCC1(c2ccc(Cl)cc2)CC1)N1CCC(OCCCOC)CC1.I. The van der Waals surface area contributed by atoms with Crippen molar-refractivity contribution in [2.75, 3.05) is 46.5 Å². The molecule has 0 unspecified atom stereocenters. The molecule has 1 aliphatic carbocycles. The Morgan fingerprint density at radius 2 is 1.90 bits per heavy atom. The summed E-state index contributed by atoms with van der Waals surface area (Å²) in [6.45, 7) is 7.41. The molecule has 2 aliphatic rings. The van der Waals surface area contributed by atoms with E-state index in [-0.39, 0.29) is 29.4 Å². The molecule has 2 fully saturated rings. The molecule has 5 nitrogen and oxygen atoms in total. The maximum absolute atomic E-state index is 6.05. The highest BCUT2D eigenvalue weighted by molar-refractivity contribution is 14.0. The van der Waals surface area contributed by atoms with Gasteiger partial charge in [-0.25, -0.2) is 0 Å². The van der Waals surface area contributed by atoms with Crippen LogP contribution in [0, 0.1) is 0 Å². The summed E-state index contributed by atoms with van der Waals surface area (Å²) < 4.78 is 11.1. The van der Waals surface area contributed by atoms with E-state index >= 15 is 0 Å². The first-order valence-corrected chi connectivity index (χ1v) is 10.9. The molecule has 0 aromatic heterocycles. The molecule has 1 saturated heterocycles. The number of guanidine groups is 1. The molecule has 0 bridgehead atoms. The van der Waals surface area contributed by atoms with Gasteiger partial charge < -0.3 is 19.7 Å². The second kappa shape index (κ2) is 12.3. The van der Waals surface area contributed by atoms with Gasteiger partial charge in [0.2, 0.25) is 0 Å². The quantitative estimate of drug-likeness (QED) is 0.219. The van der Waals surface area contributed by atoms with Gasteiger partial charge in [0, 0.05) is 50.4 Å². The van der Waals surface area contributed by atoms with Crippen LogP contribution in [0.1, 0.15) is 44.6 Å². The third-order valence-electron chi connectivity index (χ3n) is 5.76. The molecule has 1 heterocycles. The maximum Gasteiger partial charge on any atom is 0.193 e. The first-order chi connectivity index (χ1) is 13.7. The molecule has 1 aromatic rings. The number of rotatable bonds is 9. The zero-order valence-electron chi connectivity index (χ0n) is 17.7. The first kappa shape index (κ1) is 24.7. The zero-order valence-corrected chi connectivity index (χ0v) is 20.7. The van der Waals surface area contributed by atoms with Crippen molar-refractivity contribution >= 4 is 41.5 Å². The topological polar surface area (TPSA) is 46.1 Å². The Kier molecular flexibility index (Phi) is 10.5. The molecular formula is C22H35ClIN3O2. The molecule has 0 radical (unpaired) electrons. The van der Waals surface area contributed by atoms with E-state index in [2.05, 4.69) is 29.3 Å². The highest BCUT2D eigenvalue weighted by Crippen LogP contribution is 2.48. The van der Waals surface area contributed by atoms with E-state index in [0.29, 0.717) is 6.10 Å². The summed E-state index contributed by atoms with van der Waals surface area (Å²) in [7, 11) is 1.73. The number of likely N-dealkylation sites (tertiary alicyclic amines) is 1. The van der Waals surface area contributed by atoms with E-state index in [1.165, 1.54) is 18.4 Å². The Balaban J connectivity index is 0.00000300. The normalized spacial score (nSPS) is 19.0. The zero-order chi connectivity index (χ0) is 19.8. The van der Waals surface area contributed by atoms with Gasteiger partial charge >= 0.3 is 0 Å². The second-order valence-corrected chi connectivity index (χ2v) is 8.30. The number of nitrogens with one attached hydrogen (secondary N) is 1. The van der Waals surface area contributed by atoms with Gasteiger partial charge in [-0.3, -0.25) is 4.99 Å². The fraction of sp³-hybridized carbons (Fsp3) is 0.682. The summed E-state index contributed by atoms with van der Waals surface area (Å²) >= 11 is 6.05. The molecule has 1 saturated carbocycles. The lowest BCUT2D eigenvalue weighted by Gasteiger charge is -2.34. The Labute approximate surface area is 197 Å². The van der Waals surface area contributed by atoms with Crippen molar-refractivity contribution in [3.8, 4) is 0 Å². The average molecular weight is 536 g/mol.